The molecule has 2 amide bonds. The fraction of sp³-hybridized carbons (Fsp3) is 0.500. The first kappa shape index (κ1) is 16.4. The summed E-state index contributed by atoms with van der Waals surface area (Å²) < 4.78 is 25.1. The molecule has 0 radical (unpaired) electrons. The molecule has 120 valence electrons. The Kier molecular flexibility index (Phi) is 5.86. The number of halogens is 2. The quantitative estimate of drug-likeness (QED) is 0.840. The fourth-order valence-corrected chi connectivity index (χ4v) is 2.41. The van der Waals surface area contributed by atoms with Crippen molar-refractivity contribution in [3.8, 4) is 0 Å². The number of hydrogen-bond acceptors (Lipinski definition) is 2. The Bertz CT molecular complexity index is 508. The third kappa shape index (κ3) is 4.51. The van der Waals surface area contributed by atoms with Gasteiger partial charge in [0.15, 0.2) is 0 Å². The van der Waals surface area contributed by atoms with E-state index in [2.05, 4.69) is 5.32 Å². The molecule has 0 saturated carbocycles. The third-order valence-corrected chi connectivity index (χ3v) is 3.80. The van der Waals surface area contributed by atoms with E-state index in [1.807, 2.05) is 30.3 Å². The lowest BCUT2D eigenvalue weighted by molar-refractivity contribution is -0.145. The maximum atomic E-state index is 12.5. The second-order valence-corrected chi connectivity index (χ2v) is 5.39. The summed E-state index contributed by atoms with van der Waals surface area (Å²) in [6, 6.07) is 8.59. The average Bonchev–Trinajstić information content (AvgIpc) is 2.44. The van der Waals surface area contributed by atoms with Gasteiger partial charge in [-0.2, -0.15) is 0 Å². The summed E-state index contributed by atoms with van der Waals surface area (Å²) >= 11 is 0. The Balaban J connectivity index is 1.62. The molecular weight excluding hydrogens is 290 g/mol. The molecule has 1 aliphatic heterocycles. The number of rotatable bonds is 7. The van der Waals surface area contributed by atoms with Gasteiger partial charge in [0.25, 0.3) is 6.43 Å². The lowest BCUT2D eigenvalue weighted by Gasteiger charge is -2.40. The zero-order chi connectivity index (χ0) is 15.9. The summed E-state index contributed by atoms with van der Waals surface area (Å²) in [7, 11) is 0. The van der Waals surface area contributed by atoms with Crippen molar-refractivity contribution in [2.24, 2.45) is 0 Å². The van der Waals surface area contributed by atoms with Crippen molar-refractivity contribution in [2.75, 3.05) is 6.54 Å². The highest BCUT2D eigenvalue weighted by atomic mass is 19.3. The van der Waals surface area contributed by atoms with Gasteiger partial charge in [0.2, 0.25) is 11.8 Å². The van der Waals surface area contributed by atoms with E-state index >= 15 is 0 Å². The summed E-state index contributed by atoms with van der Waals surface area (Å²) in [5.74, 6) is -0.418. The number of nitrogens with zero attached hydrogens (tertiary/aromatic N) is 1. The number of carbonyl (C=O) groups is 2. The van der Waals surface area contributed by atoms with Gasteiger partial charge in [-0.15, -0.1) is 0 Å². The molecular formula is C16H20F2N2O2. The summed E-state index contributed by atoms with van der Waals surface area (Å²) in [4.78, 5) is 24.6. The molecule has 1 unspecified atom stereocenters. The van der Waals surface area contributed by atoms with E-state index in [-0.39, 0.29) is 24.7 Å². The lowest BCUT2D eigenvalue weighted by Crippen LogP contribution is -2.54. The van der Waals surface area contributed by atoms with Gasteiger partial charge >= 0.3 is 0 Å². The molecule has 6 heteroatoms. The predicted molar refractivity (Wildman–Crippen MR) is 78.3 cm³/mol. The molecule has 4 nitrogen and oxygen atoms in total. The molecule has 0 aliphatic carbocycles. The van der Waals surface area contributed by atoms with E-state index in [1.165, 1.54) is 4.90 Å². The lowest BCUT2D eigenvalue weighted by atomic mass is 10.0. The molecule has 1 N–H and O–H groups in total. The van der Waals surface area contributed by atoms with Crippen LogP contribution in [0.2, 0.25) is 0 Å². The number of likely N-dealkylation sites (tertiary alicyclic amines) is 1. The largest absolute Gasteiger partial charge is 0.352 e. The minimum Gasteiger partial charge on any atom is -0.352 e. The standard InChI is InChI=1S/C16H20F2N2O2/c17-16(18)13-9-10-20(13)15(22)8-4-7-14(21)19-11-12-5-2-1-3-6-12/h1-3,5-6,13,16H,4,7-11H2,(H,19,21). The number of benzene rings is 1. The van der Waals surface area contributed by atoms with Gasteiger partial charge in [-0.25, -0.2) is 8.78 Å². The van der Waals surface area contributed by atoms with Crippen molar-refractivity contribution in [3.63, 3.8) is 0 Å². The summed E-state index contributed by atoms with van der Waals surface area (Å²) in [6.45, 7) is 0.848. The van der Waals surface area contributed by atoms with Gasteiger partial charge in [0.1, 0.15) is 0 Å². The van der Waals surface area contributed by atoms with Crippen molar-refractivity contribution < 1.29 is 18.4 Å². The summed E-state index contributed by atoms with van der Waals surface area (Å²) in [5, 5.41) is 2.77. The predicted octanol–water partition coefficient (Wildman–Crippen LogP) is 2.34. The van der Waals surface area contributed by atoms with Crippen molar-refractivity contribution >= 4 is 11.8 Å². The second-order valence-electron chi connectivity index (χ2n) is 5.39. The van der Waals surface area contributed by atoms with Crippen LogP contribution in [-0.2, 0) is 16.1 Å². The molecule has 1 saturated heterocycles. The molecule has 1 atom stereocenters. The van der Waals surface area contributed by atoms with Crippen molar-refractivity contribution in [3.05, 3.63) is 35.9 Å². The fourth-order valence-electron chi connectivity index (χ4n) is 2.41. The van der Waals surface area contributed by atoms with Crippen LogP contribution in [0.15, 0.2) is 30.3 Å². The SMILES string of the molecule is O=C(CCCC(=O)N1CCC1C(F)F)NCc1ccccc1. The third-order valence-electron chi connectivity index (χ3n) is 3.80. The van der Waals surface area contributed by atoms with Crippen LogP contribution in [0.4, 0.5) is 8.78 Å². The molecule has 22 heavy (non-hydrogen) atoms. The second kappa shape index (κ2) is 7.87. The highest BCUT2D eigenvalue weighted by molar-refractivity contribution is 5.79. The molecule has 1 aromatic rings. The molecule has 1 aliphatic rings. The number of carbonyl (C=O) groups excluding carboxylic acids is 2. The van der Waals surface area contributed by atoms with Crippen LogP contribution >= 0.6 is 0 Å². The van der Waals surface area contributed by atoms with E-state index < -0.39 is 12.5 Å². The molecule has 0 spiro atoms. The molecule has 1 aromatic carbocycles. The van der Waals surface area contributed by atoms with Gasteiger partial charge in [-0.05, 0) is 18.4 Å². The van der Waals surface area contributed by atoms with Gasteiger partial charge in [-0.1, -0.05) is 30.3 Å². The van der Waals surface area contributed by atoms with Gasteiger partial charge in [0, 0.05) is 25.9 Å². The number of nitrogens with one attached hydrogen (secondary N) is 1. The van der Waals surface area contributed by atoms with Crippen LogP contribution in [0.1, 0.15) is 31.2 Å². The highest BCUT2D eigenvalue weighted by Crippen LogP contribution is 2.24. The maximum Gasteiger partial charge on any atom is 0.258 e. The van der Waals surface area contributed by atoms with E-state index in [0.717, 1.165) is 5.56 Å². The van der Waals surface area contributed by atoms with Crippen molar-refractivity contribution in [1.29, 1.82) is 0 Å². The molecule has 0 aromatic heterocycles. The first-order chi connectivity index (χ1) is 10.6. The van der Waals surface area contributed by atoms with E-state index in [9.17, 15) is 18.4 Å². The number of hydrogen-bond donors (Lipinski definition) is 1. The monoisotopic (exact) mass is 310 g/mol. The first-order valence-corrected chi connectivity index (χ1v) is 7.46. The van der Waals surface area contributed by atoms with Gasteiger partial charge in [0.05, 0.1) is 6.04 Å². The van der Waals surface area contributed by atoms with Crippen molar-refractivity contribution in [1.82, 2.24) is 10.2 Å². The number of amides is 2. The molecule has 1 fully saturated rings. The Hall–Kier alpha value is -1.98. The number of alkyl halides is 2. The van der Waals surface area contributed by atoms with Crippen LogP contribution in [0.25, 0.3) is 0 Å². The zero-order valence-electron chi connectivity index (χ0n) is 12.3. The van der Waals surface area contributed by atoms with Crippen molar-refractivity contribution in [2.45, 2.75) is 44.7 Å². The van der Waals surface area contributed by atoms with E-state index in [4.69, 9.17) is 0 Å². The smallest absolute Gasteiger partial charge is 0.258 e. The topological polar surface area (TPSA) is 49.4 Å². The Morgan fingerprint density at radius 1 is 1.23 bits per heavy atom. The Morgan fingerprint density at radius 3 is 2.55 bits per heavy atom. The van der Waals surface area contributed by atoms with Crippen LogP contribution < -0.4 is 5.32 Å². The average molecular weight is 310 g/mol. The van der Waals surface area contributed by atoms with Crippen LogP contribution in [-0.4, -0.2) is 35.7 Å². The Morgan fingerprint density at radius 2 is 1.95 bits per heavy atom. The van der Waals surface area contributed by atoms with Crippen LogP contribution in [0.5, 0.6) is 0 Å². The highest BCUT2D eigenvalue weighted by Gasteiger charge is 2.37. The summed E-state index contributed by atoms with van der Waals surface area (Å²) in [5.41, 5.74) is 1.01. The first-order valence-electron chi connectivity index (χ1n) is 7.46. The van der Waals surface area contributed by atoms with Gasteiger partial charge < -0.3 is 10.2 Å². The molecule has 0 bridgehead atoms. The summed E-state index contributed by atoms with van der Waals surface area (Å²) in [6.07, 6.45) is -1.37. The van der Waals surface area contributed by atoms with E-state index in [1.54, 1.807) is 0 Å². The molecule has 1 heterocycles. The molecule has 2 rings (SSSR count). The Labute approximate surface area is 128 Å². The normalized spacial score (nSPS) is 17.2. The van der Waals surface area contributed by atoms with Gasteiger partial charge in [-0.3, -0.25) is 9.59 Å². The van der Waals surface area contributed by atoms with Crippen LogP contribution in [0.3, 0.4) is 0 Å². The minimum atomic E-state index is -2.48. The van der Waals surface area contributed by atoms with Crippen LogP contribution in [0, 0.1) is 0 Å². The zero-order valence-corrected chi connectivity index (χ0v) is 12.3. The maximum absolute atomic E-state index is 12.5. The minimum absolute atomic E-state index is 0.134. The van der Waals surface area contributed by atoms with E-state index in [0.29, 0.717) is 25.9 Å².